The second-order valence-corrected chi connectivity index (χ2v) is 6.09. The molecule has 23 heavy (non-hydrogen) atoms. The van der Waals surface area contributed by atoms with E-state index in [0.717, 1.165) is 25.7 Å². The fourth-order valence-electron chi connectivity index (χ4n) is 2.49. The van der Waals surface area contributed by atoms with Gasteiger partial charge in [0.15, 0.2) is 0 Å². The van der Waals surface area contributed by atoms with Crippen molar-refractivity contribution in [3.8, 4) is 0 Å². The van der Waals surface area contributed by atoms with Crippen molar-refractivity contribution in [2.45, 2.75) is 83.3 Å². The van der Waals surface area contributed by atoms with Gasteiger partial charge in [-0.1, -0.05) is 62.6 Å². The summed E-state index contributed by atoms with van der Waals surface area (Å²) in [7, 11) is 0. The van der Waals surface area contributed by atoms with Crippen LogP contribution < -0.4 is 5.11 Å². The number of rotatable bonds is 14. The highest BCUT2D eigenvalue weighted by molar-refractivity contribution is 5.64. The maximum absolute atomic E-state index is 10.2. The lowest BCUT2D eigenvalue weighted by molar-refractivity contribution is -0.305. The van der Waals surface area contributed by atoms with E-state index in [1.165, 1.54) is 25.7 Å². The van der Waals surface area contributed by atoms with E-state index in [9.17, 15) is 9.90 Å². The zero-order valence-corrected chi connectivity index (χ0v) is 14.4. The van der Waals surface area contributed by atoms with Crippen molar-refractivity contribution in [2.75, 3.05) is 0 Å². The topological polar surface area (TPSA) is 52.7 Å². The summed E-state index contributed by atoms with van der Waals surface area (Å²) in [6, 6.07) is 0. The molecule has 0 aromatic carbocycles. The molecule has 0 spiro atoms. The fraction of sp³-hybridized carbons (Fsp3) is 0.650. The number of hydrogen-bond donors (Lipinski definition) is 0. The second kappa shape index (κ2) is 13.1. The van der Waals surface area contributed by atoms with Crippen molar-refractivity contribution < 1.29 is 14.6 Å². The van der Waals surface area contributed by atoms with Gasteiger partial charge in [0.25, 0.3) is 0 Å². The molecule has 1 aliphatic rings. The first-order valence-electron chi connectivity index (χ1n) is 9.04. The lowest BCUT2D eigenvalue weighted by Gasteiger charge is -1.97. The minimum atomic E-state index is -0.964. The summed E-state index contributed by atoms with van der Waals surface area (Å²) in [6.07, 6.45) is 23.5. The standard InChI is InChI=1S/C20H32O3/c1-2-3-12-15-18-19(23-18)16-13-10-8-6-4-5-7-9-11-14-17-20(21)22/h4,6-7,9-10,13,18-19H,2-3,5,8,11-12,14-17H2,1H3,(H,21,22)/p-1/b6-4-,9-7-,13-10-/t18-,19+/m0/s1. The summed E-state index contributed by atoms with van der Waals surface area (Å²) < 4.78 is 5.65. The van der Waals surface area contributed by atoms with Gasteiger partial charge in [-0.15, -0.1) is 0 Å². The summed E-state index contributed by atoms with van der Waals surface area (Å²) in [5, 5.41) is 10.2. The molecule has 0 bridgehead atoms. The van der Waals surface area contributed by atoms with Crippen LogP contribution in [0.3, 0.4) is 0 Å². The Morgan fingerprint density at radius 1 is 0.957 bits per heavy atom. The van der Waals surface area contributed by atoms with Gasteiger partial charge in [0.1, 0.15) is 0 Å². The molecular weight excluding hydrogens is 288 g/mol. The van der Waals surface area contributed by atoms with E-state index in [2.05, 4.69) is 37.3 Å². The summed E-state index contributed by atoms with van der Waals surface area (Å²) in [5.41, 5.74) is 0. The van der Waals surface area contributed by atoms with Crippen molar-refractivity contribution in [2.24, 2.45) is 0 Å². The Morgan fingerprint density at radius 2 is 1.65 bits per heavy atom. The molecule has 1 heterocycles. The van der Waals surface area contributed by atoms with Gasteiger partial charge in [-0.2, -0.15) is 0 Å². The number of epoxide rings is 1. The Balaban J connectivity index is 1.90. The van der Waals surface area contributed by atoms with Crippen LogP contribution in [0.5, 0.6) is 0 Å². The molecule has 0 saturated carbocycles. The van der Waals surface area contributed by atoms with Crippen LogP contribution in [-0.2, 0) is 9.53 Å². The van der Waals surface area contributed by atoms with Gasteiger partial charge in [-0.05, 0) is 44.9 Å². The smallest absolute Gasteiger partial charge is 0.0876 e. The number of unbranched alkanes of at least 4 members (excludes halogenated alkanes) is 3. The molecule has 130 valence electrons. The first-order valence-corrected chi connectivity index (χ1v) is 9.04. The zero-order valence-electron chi connectivity index (χ0n) is 14.4. The van der Waals surface area contributed by atoms with Crippen molar-refractivity contribution in [1.29, 1.82) is 0 Å². The Kier molecular flexibility index (Phi) is 11.2. The van der Waals surface area contributed by atoms with Crippen LogP contribution in [0, 0.1) is 0 Å². The summed E-state index contributed by atoms with van der Waals surface area (Å²) in [5.74, 6) is -0.964. The van der Waals surface area contributed by atoms with Gasteiger partial charge in [0, 0.05) is 5.97 Å². The highest BCUT2D eigenvalue weighted by atomic mass is 16.6. The predicted molar refractivity (Wildman–Crippen MR) is 92.9 cm³/mol. The average molecular weight is 319 g/mol. The molecule has 0 aliphatic carbocycles. The quantitative estimate of drug-likeness (QED) is 0.275. The van der Waals surface area contributed by atoms with Crippen LogP contribution >= 0.6 is 0 Å². The number of aliphatic carboxylic acids is 1. The number of carboxylic acid groups (broad SMARTS) is 1. The molecule has 0 aromatic rings. The van der Waals surface area contributed by atoms with E-state index in [1.54, 1.807) is 0 Å². The summed E-state index contributed by atoms with van der Waals surface area (Å²) in [6.45, 7) is 2.23. The molecular formula is C20H31O3-. The van der Waals surface area contributed by atoms with Gasteiger partial charge in [0.05, 0.1) is 12.2 Å². The van der Waals surface area contributed by atoms with E-state index in [1.807, 2.05) is 6.08 Å². The van der Waals surface area contributed by atoms with Gasteiger partial charge in [-0.3, -0.25) is 0 Å². The van der Waals surface area contributed by atoms with E-state index in [4.69, 9.17) is 4.74 Å². The number of ether oxygens (including phenoxy) is 1. The van der Waals surface area contributed by atoms with E-state index in [-0.39, 0.29) is 6.42 Å². The number of carbonyl (C=O) groups excluding carboxylic acids is 1. The maximum atomic E-state index is 10.2. The molecule has 0 aromatic heterocycles. The molecule has 3 nitrogen and oxygen atoms in total. The van der Waals surface area contributed by atoms with Crippen LogP contribution in [0.1, 0.15) is 71.1 Å². The minimum Gasteiger partial charge on any atom is -0.550 e. The molecule has 0 N–H and O–H groups in total. The third-order valence-corrected chi connectivity index (χ3v) is 3.94. The highest BCUT2D eigenvalue weighted by Crippen LogP contribution is 2.30. The Hall–Kier alpha value is -1.35. The highest BCUT2D eigenvalue weighted by Gasteiger charge is 2.36. The molecule has 2 atom stereocenters. The maximum Gasteiger partial charge on any atom is 0.0876 e. The number of carboxylic acids is 1. The summed E-state index contributed by atoms with van der Waals surface area (Å²) in [4.78, 5) is 10.2. The lowest BCUT2D eigenvalue weighted by Crippen LogP contribution is -2.21. The van der Waals surface area contributed by atoms with Crippen molar-refractivity contribution in [3.63, 3.8) is 0 Å². The van der Waals surface area contributed by atoms with Crippen LogP contribution in [0.25, 0.3) is 0 Å². The normalized spacial score (nSPS) is 20.9. The number of allylic oxidation sites excluding steroid dienone is 5. The molecule has 0 unspecified atom stereocenters. The molecule has 0 radical (unpaired) electrons. The Labute approximate surface area is 141 Å². The van der Waals surface area contributed by atoms with E-state index in [0.29, 0.717) is 18.6 Å². The molecule has 1 aliphatic heterocycles. The SMILES string of the molecule is CCCCC[C@@H]1O[C@@H]1C/C=C\C/C=C\C/C=C\CCCC(=O)[O-]. The summed E-state index contributed by atoms with van der Waals surface area (Å²) >= 11 is 0. The average Bonchev–Trinajstić information content (AvgIpc) is 3.27. The zero-order chi connectivity index (χ0) is 16.8. The van der Waals surface area contributed by atoms with Crippen molar-refractivity contribution >= 4 is 5.97 Å². The van der Waals surface area contributed by atoms with Crippen molar-refractivity contribution in [3.05, 3.63) is 36.5 Å². The molecule has 1 saturated heterocycles. The number of hydrogen-bond acceptors (Lipinski definition) is 3. The van der Waals surface area contributed by atoms with Crippen LogP contribution in [0.2, 0.25) is 0 Å². The molecule has 1 rings (SSSR count). The van der Waals surface area contributed by atoms with Crippen LogP contribution in [0.4, 0.5) is 0 Å². The fourth-order valence-corrected chi connectivity index (χ4v) is 2.49. The van der Waals surface area contributed by atoms with Crippen LogP contribution in [0.15, 0.2) is 36.5 Å². The third-order valence-electron chi connectivity index (χ3n) is 3.94. The lowest BCUT2D eigenvalue weighted by atomic mass is 10.1. The second-order valence-electron chi connectivity index (χ2n) is 6.09. The molecule has 1 fully saturated rings. The van der Waals surface area contributed by atoms with Gasteiger partial charge in [0.2, 0.25) is 0 Å². The minimum absolute atomic E-state index is 0.148. The first kappa shape index (κ1) is 19.7. The Morgan fingerprint density at radius 3 is 2.35 bits per heavy atom. The monoisotopic (exact) mass is 319 g/mol. The third kappa shape index (κ3) is 11.8. The predicted octanol–water partition coefficient (Wildman–Crippen LogP) is 4.09. The molecule has 0 amide bonds. The first-order chi connectivity index (χ1) is 11.2. The van der Waals surface area contributed by atoms with E-state index < -0.39 is 5.97 Å². The van der Waals surface area contributed by atoms with Crippen LogP contribution in [-0.4, -0.2) is 18.2 Å². The van der Waals surface area contributed by atoms with Crippen molar-refractivity contribution in [1.82, 2.24) is 0 Å². The van der Waals surface area contributed by atoms with Gasteiger partial charge in [-0.25, -0.2) is 0 Å². The molecule has 3 heteroatoms. The Bertz CT molecular complexity index is 396. The van der Waals surface area contributed by atoms with E-state index >= 15 is 0 Å². The van der Waals surface area contributed by atoms with Gasteiger partial charge >= 0.3 is 0 Å². The number of carbonyl (C=O) groups is 1. The van der Waals surface area contributed by atoms with Gasteiger partial charge < -0.3 is 14.6 Å². The largest absolute Gasteiger partial charge is 0.550 e.